The predicted octanol–water partition coefficient (Wildman–Crippen LogP) is 3.12. The second-order valence-electron chi connectivity index (χ2n) is 6.45. The van der Waals surface area contributed by atoms with Gasteiger partial charge in [0.1, 0.15) is 0 Å². The molecule has 1 aromatic carbocycles. The van der Waals surface area contributed by atoms with Crippen LogP contribution in [0.5, 0.6) is 0 Å². The molecule has 0 fully saturated rings. The maximum absolute atomic E-state index is 12.5. The Morgan fingerprint density at radius 2 is 1.92 bits per heavy atom. The van der Waals surface area contributed by atoms with Crippen LogP contribution in [0, 0.1) is 20.8 Å². The molecule has 26 heavy (non-hydrogen) atoms. The van der Waals surface area contributed by atoms with Crippen LogP contribution in [-0.2, 0) is 22.3 Å². The van der Waals surface area contributed by atoms with Gasteiger partial charge in [-0.1, -0.05) is 17.7 Å². The van der Waals surface area contributed by atoms with Gasteiger partial charge in [0.2, 0.25) is 0 Å². The van der Waals surface area contributed by atoms with Crippen LogP contribution in [0.2, 0.25) is 0 Å². The third kappa shape index (κ3) is 4.16. The van der Waals surface area contributed by atoms with Crippen LogP contribution in [0.15, 0.2) is 35.5 Å². The van der Waals surface area contributed by atoms with Gasteiger partial charge in [-0.05, 0) is 49.6 Å². The Bertz CT molecular complexity index is 930. The molecule has 5 nitrogen and oxygen atoms in total. The number of aliphatic imine (C=N–C) groups is 1. The molecule has 0 spiro atoms. The first-order valence-corrected chi connectivity index (χ1v) is 11.1. The zero-order chi connectivity index (χ0) is 18.7. The summed E-state index contributed by atoms with van der Waals surface area (Å²) < 4.78 is 27.7. The lowest BCUT2D eigenvalue weighted by molar-refractivity contribution is 0.596. The molecular formula is C19H23N3O2S2. The molecule has 1 N–H and O–H groups in total. The van der Waals surface area contributed by atoms with E-state index in [1.54, 1.807) is 30.1 Å². The molecule has 0 unspecified atom stereocenters. The smallest absolute Gasteiger partial charge is 0.258 e. The third-order valence-corrected chi connectivity index (χ3v) is 6.80. The molecule has 0 saturated carbocycles. The number of benzene rings is 1. The summed E-state index contributed by atoms with van der Waals surface area (Å²) in [6.07, 6.45) is 1.66. The van der Waals surface area contributed by atoms with E-state index in [1.807, 2.05) is 0 Å². The van der Waals surface area contributed by atoms with Crippen molar-refractivity contribution in [2.45, 2.75) is 33.1 Å². The number of nitrogens with zero attached hydrogens (tertiary/aromatic N) is 2. The Labute approximate surface area is 159 Å². The molecule has 3 rings (SSSR count). The highest BCUT2D eigenvalue weighted by molar-refractivity contribution is 8.05. The van der Waals surface area contributed by atoms with Crippen molar-refractivity contribution < 1.29 is 8.42 Å². The predicted molar refractivity (Wildman–Crippen MR) is 108 cm³/mol. The van der Waals surface area contributed by atoms with Crippen molar-refractivity contribution in [1.82, 2.24) is 9.71 Å². The lowest BCUT2D eigenvalue weighted by Crippen LogP contribution is -2.32. The molecule has 1 aliphatic heterocycles. The number of aromatic nitrogens is 1. The minimum atomic E-state index is -3.59. The maximum Gasteiger partial charge on any atom is 0.258 e. The Kier molecular flexibility index (Phi) is 5.79. The Morgan fingerprint density at radius 1 is 1.19 bits per heavy atom. The molecule has 0 amide bonds. The van der Waals surface area contributed by atoms with Gasteiger partial charge in [0.05, 0.1) is 12.2 Å². The van der Waals surface area contributed by atoms with E-state index < -0.39 is 10.0 Å². The van der Waals surface area contributed by atoms with Crippen LogP contribution in [0.3, 0.4) is 0 Å². The minimum Gasteiger partial charge on any atom is -0.265 e. The van der Waals surface area contributed by atoms with Gasteiger partial charge >= 0.3 is 0 Å². The monoisotopic (exact) mass is 389 g/mol. The van der Waals surface area contributed by atoms with Gasteiger partial charge in [0.15, 0.2) is 5.04 Å². The molecule has 0 atom stereocenters. The zero-order valence-electron chi connectivity index (χ0n) is 15.2. The molecule has 2 aromatic rings. The summed E-state index contributed by atoms with van der Waals surface area (Å²) in [7, 11) is -3.59. The van der Waals surface area contributed by atoms with Crippen molar-refractivity contribution in [3.05, 3.63) is 64.0 Å². The summed E-state index contributed by atoms with van der Waals surface area (Å²) in [5.74, 6) is 1.59. The van der Waals surface area contributed by atoms with Gasteiger partial charge in [-0.15, -0.1) is 0 Å². The van der Waals surface area contributed by atoms with Crippen molar-refractivity contribution in [3.63, 3.8) is 0 Å². The second-order valence-corrected chi connectivity index (χ2v) is 9.23. The highest BCUT2D eigenvalue weighted by atomic mass is 32.2. The van der Waals surface area contributed by atoms with E-state index in [0.29, 0.717) is 30.1 Å². The topological polar surface area (TPSA) is 71.4 Å². The maximum atomic E-state index is 12.5. The van der Waals surface area contributed by atoms with Crippen LogP contribution in [0.25, 0.3) is 0 Å². The number of hydrogen-bond donors (Lipinski definition) is 1. The van der Waals surface area contributed by atoms with Gasteiger partial charge in [0.25, 0.3) is 10.0 Å². The number of thioether (sulfide) groups is 1. The fraction of sp³-hybridized carbons (Fsp3) is 0.368. The highest BCUT2D eigenvalue weighted by Crippen LogP contribution is 2.22. The van der Waals surface area contributed by atoms with Crippen molar-refractivity contribution in [2.75, 3.05) is 12.3 Å². The Morgan fingerprint density at radius 3 is 2.65 bits per heavy atom. The van der Waals surface area contributed by atoms with Crippen molar-refractivity contribution in [2.24, 2.45) is 4.99 Å². The van der Waals surface area contributed by atoms with E-state index in [0.717, 1.165) is 5.75 Å². The average molecular weight is 390 g/mol. The van der Waals surface area contributed by atoms with E-state index in [1.165, 1.54) is 22.3 Å². The number of nitrogens with one attached hydrogen (secondary N) is 1. The highest BCUT2D eigenvalue weighted by Gasteiger charge is 2.27. The van der Waals surface area contributed by atoms with E-state index in [-0.39, 0.29) is 5.04 Å². The molecule has 2 heterocycles. The first-order valence-electron chi connectivity index (χ1n) is 8.51. The molecule has 138 valence electrons. The molecule has 0 bridgehead atoms. The molecule has 0 radical (unpaired) electrons. The number of fused-ring (bicyclic) bond motifs is 1. The standard InChI is InChI=1S/C19H23N3O2S2/c1-13-9-14(2)17(15(3)10-13)12-25-8-7-22-26(23,24)19-16-5-4-6-20-18(16)11-21-19/h4-6,9-10,22H,7-8,11-12H2,1-3H3. The van der Waals surface area contributed by atoms with E-state index in [4.69, 9.17) is 0 Å². The largest absolute Gasteiger partial charge is 0.265 e. The van der Waals surface area contributed by atoms with Crippen LogP contribution in [-0.4, -0.2) is 30.7 Å². The lowest BCUT2D eigenvalue weighted by Gasteiger charge is -2.11. The summed E-state index contributed by atoms with van der Waals surface area (Å²) in [4.78, 5) is 8.33. The normalized spacial score (nSPS) is 13.6. The molecule has 0 aliphatic carbocycles. The second kappa shape index (κ2) is 7.90. The quantitative estimate of drug-likeness (QED) is 0.771. The van der Waals surface area contributed by atoms with Crippen LogP contribution in [0.4, 0.5) is 0 Å². The van der Waals surface area contributed by atoms with Crippen molar-refractivity contribution in [1.29, 1.82) is 0 Å². The summed E-state index contributed by atoms with van der Waals surface area (Å²) in [5.41, 5.74) is 6.52. The summed E-state index contributed by atoms with van der Waals surface area (Å²) >= 11 is 1.73. The van der Waals surface area contributed by atoms with Crippen molar-refractivity contribution in [3.8, 4) is 0 Å². The number of pyridine rings is 1. The average Bonchev–Trinajstić information content (AvgIpc) is 3.01. The van der Waals surface area contributed by atoms with Gasteiger partial charge in [-0.25, -0.2) is 13.1 Å². The van der Waals surface area contributed by atoms with E-state index in [9.17, 15) is 8.42 Å². The summed E-state index contributed by atoms with van der Waals surface area (Å²) in [6.45, 7) is 7.06. The zero-order valence-corrected chi connectivity index (χ0v) is 16.9. The first kappa shape index (κ1) is 19.1. The number of sulfonamides is 1. The van der Waals surface area contributed by atoms with E-state index in [2.05, 4.69) is 47.6 Å². The van der Waals surface area contributed by atoms with Crippen LogP contribution >= 0.6 is 11.8 Å². The fourth-order valence-electron chi connectivity index (χ4n) is 3.15. The number of aryl methyl sites for hydroxylation is 3. The molecule has 0 saturated heterocycles. The lowest BCUT2D eigenvalue weighted by atomic mass is 10.0. The van der Waals surface area contributed by atoms with Gasteiger partial charge in [-0.2, -0.15) is 11.8 Å². The summed E-state index contributed by atoms with van der Waals surface area (Å²) in [5, 5.41) is 0.107. The Balaban J connectivity index is 1.53. The van der Waals surface area contributed by atoms with E-state index >= 15 is 0 Å². The molecule has 1 aliphatic rings. The molecular weight excluding hydrogens is 366 g/mol. The van der Waals surface area contributed by atoms with Crippen LogP contribution in [0.1, 0.15) is 33.5 Å². The Hall–Kier alpha value is -1.70. The minimum absolute atomic E-state index is 0.107. The van der Waals surface area contributed by atoms with Gasteiger partial charge in [-0.3, -0.25) is 9.98 Å². The third-order valence-electron chi connectivity index (χ3n) is 4.37. The van der Waals surface area contributed by atoms with Crippen LogP contribution < -0.4 is 4.72 Å². The van der Waals surface area contributed by atoms with Gasteiger partial charge in [0, 0.05) is 29.8 Å². The summed E-state index contributed by atoms with van der Waals surface area (Å²) in [6, 6.07) is 7.87. The number of rotatable bonds is 6. The number of hydrogen-bond acceptors (Lipinski definition) is 5. The molecule has 1 aromatic heterocycles. The SMILES string of the molecule is Cc1cc(C)c(CSCCNS(=O)(=O)C2=NCc3ncccc32)c(C)c1. The van der Waals surface area contributed by atoms with Crippen molar-refractivity contribution >= 4 is 26.8 Å². The molecule has 7 heteroatoms. The van der Waals surface area contributed by atoms with Gasteiger partial charge < -0.3 is 0 Å². The fourth-order valence-corrected chi connectivity index (χ4v) is 5.55. The first-order chi connectivity index (χ1) is 12.4.